The van der Waals surface area contributed by atoms with E-state index in [2.05, 4.69) is 109 Å². The molecule has 0 amide bonds. The van der Waals surface area contributed by atoms with Gasteiger partial charge in [0.05, 0.1) is 11.1 Å². The first-order valence-corrected chi connectivity index (χ1v) is 12.7. The fourth-order valence-electron chi connectivity index (χ4n) is 6.56. The van der Waals surface area contributed by atoms with E-state index < -0.39 is 0 Å². The molecule has 0 fully saturated rings. The van der Waals surface area contributed by atoms with Crippen molar-refractivity contribution in [1.29, 1.82) is 10.5 Å². The van der Waals surface area contributed by atoms with E-state index in [0.717, 1.165) is 32.3 Å². The van der Waals surface area contributed by atoms with Crippen molar-refractivity contribution in [2.24, 2.45) is 0 Å². The van der Waals surface area contributed by atoms with Crippen molar-refractivity contribution in [3.8, 4) is 12.1 Å². The first-order chi connectivity index (χ1) is 18.8. The summed E-state index contributed by atoms with van der Waals surface area (Å²) in [6.45, 7) is 0. The molecule has 2 nitrogen and oxygen atoms in total. The minimum Gasteiger partial charge on any atom is -0.192 e. The van der Waals surface area contributed by atoms with Crippen molar-refractivity contribution in [3.63, 3.8) is 0 Å². The molecule has 8 aromatic rings. The van der Waals surface area contributed by atoms with Crippen LogP contribution in [-0.4, -0.2) is 0 Å². The normalized spacial score (nSPS) is 11.6. The van der Waals surface area contributed by atoms with Crippen molar-refractivity contribution in [2.45, 2.75) is 0 Å². The number of benzene rings is 8. The Morgan fingerprint density at radius 3 is 0.868 bits per heavy atom. The van der Waals surface area contributed by atoms with E-state index in [1.165, 1.54) is 43.1 Å². The lowest BCUT2D eigenvalue weighted by Gasteiger charge is -2.20. The molecule has 172 valence electrons. The maximum absolute atomic E-state index is 9.99. The van der Waals surface area contributed by atoms with Gasteiger partial charge in [0.25, 0.3) is 0 Å². The Balaban J connectivity index is 1.89. The van der Waals surface area contributed by atoms with Crippen LogP contribution in [0.25, 0.3) is 75.4 Å². The number of fused-ring (bicyclic) bond motifs is 16. The van der Waals surface area contributed by atoms with E-state index in [1.807, 2.05) is 12.1 Å². The van der Waals surface area contributed by atoms with Crippen LogP contribution >= 0.6 is 0 Å². The zero-order chi connectivity index (χ0) is 25.4. The Bertz CT molecular complexity index is 2250. The standard InChI is InChI=1S/C36H18N2/c37-19-21-17-31-32(18-22(21)20-38)34-28-14-6-2-10-24(28)26-12-4-8-16-30(26)36(34)35-29-15-7-3-11-25(29)23-9-1-5-13-27(23)33(31)35/h1-18H. The maximum Gasteiger partial charge on any atom is 0.101 e. The van der Waals surface area contributed by atoms with E-state index in [0.29, 0.717) is 11.1 Å². The summed E-state index contributed by atoms with van der Waals surface area (Å²) in [6, 6.07) is 42.7. The summed E-state index contributed by atoms with van der Waals surface area (Å²) in [5.74, 6) is 0. The van der Waals surface area contributed by atoms with Gasteiger partial charge < -0.3 is 0 Å². The van der Waals surface area contributed by atoms with Crippen LogP contribution in [-0.2, 0) is 0 Å². The van der Waals surface area contributed by atoms with Gasteiger partial charge in [-0.05, 0) is 87.5 Å². The van der Waals surface area contributed by atoms with Gasteiger partial charge in [-0.25, -0.2) is 0 Å². The fraction of sp³-hybridized carbons (Fsp3) is 0. The van der Waals surface area contributed by atoms with Gasteiger partial charge in [0, 0.05) is 0 Å². The second-order valence-electron chi connectivity index (χ2n) is 9.85. The molecule has 8 rings (SSSR count). The van der Waals surface area contributed by atoms with Crippen molar-refractivity contribution < 1.29 is 0 Å². The van der Waals surface area contributed by atoms with Gasteiger partial charge >= 0.3 is 0 Å². The average Bonchev–Trinajstić information content (AvgIpc) is 2.99. The Morgan fingerprint density at radius 2 is 0.579 bits per heavy atom. The quantitative estimate of drug-likeness (QED) is 0.204. The predicted octanol–water partition coefficient (Wildman–Crippen LogP) is 9.50. The molecular formula is C36H18N2. The summed E-state index contributed by atoms with van der Waals surface area (Å²) >= 11 is 0. The number of hydrogen-bond acceptors (Lipinski definition) is 2. The highest BCUT2D eigenvalue weighted by Crippen LogP contribution is 2.48. The molecule has 0 unspecified atom stereocenters. The third kappa shape index (κ3) is 2.54. The Hall–Kier alpha value is -5.44. The molecule has 38 heavy (non-hydrogen) atoms. The van der Waals surface area contributed by atoms with Crippen LogP contribution in [0.5, 0.6) is 0 Å². The monoisotopic (exact) mass is 478 g/mol. The highest BCUT2D eigenvalue weighted by molar-refractivity contribution is 6.46. The van der Waals surface area contributed by atoms with E-state index >= 15 is 0 Å². The second-order valence-corrected chi connectivity index (χ2v) is 9.85. The van der Waals surface area contributed by atoms with E-state index in [-0.39, 0.29) is 0 Å². The van der Waals surface area contributed by atoms with Crippen LogP contribution in [0, 0.1) is 22.7 Å². The molecule has 2 heteroatoms. The Labute approximate surface area is 218 Å². The first-order valence-electron chi connectivity index (χ1n) is 12.7. The SMILES string of the molecule is N#Cc1cc2c(cc1C#N)c1c3ccccc3c3ccccc3c1c1c3ccccc3c3ccccc3c21. The van der Waals surface area contributed by atoms with Crippen molar-refractivity contribution in [1.82, 2.24) is 0 Å². The van der Waals surface area contributed by atoms with Crippen LogP contribution in [0.4, 0.5) is 0 Å². The maximum atomic E-state index is 9.99. The molecule has 0 saturated heterocycles. The van der Waals surface area contributed by atoms with Gasteiger partial charge in [0.2, 0.25) is 0 Å². The molecule has 0 saturated carbocycles. The summed E-state index contributed by atoms with van der Waals surface area (Å²) in [5.41, 5.74) is 0.811. The molecule has 0 N–H and O–H groups in total. The first kappa shape index (κ1) is 20.7. The second kappa shape index (κ2) is 7.53. The third-order valence-electron chi connectivity index (χ3n) is 8.05. The summed E-state index contributed by atoms with van der Waals surface area (Å²) in [6.07, 6.45) is 0. The Morgan fingerprint density at radius 1 is 0.316 bits per heavy atom. The van der Waals surface area contributed by atoms with Gasteiger partial charge in [-0.1, -0.05) is 97.1 Å². The van der Waals surface area contributed by atoms with Crippen molar-refractivity contribution >= 4 is 75.4 Å². The van der Waals surface area contributed by atoms with Crippen LogP contribution in [0.1, 0.15) is 11.1 Å². The largest absolute Gasteiger partial charge is 0.192 e. The molecule has 0 heterocycles. The van der Waals surface area contributed by atoms with Crippen molar-refractivity contribution in [2.75, 3.05) is 0 Å². The molecular weight excluding hydrogens is 460 g/mol. The number of nitriles is 2. The zero-order valence-electron chi connectivity index (χ0n) is 20.3. The molecule has 0 radical (unpaired) electrons. The summed E-state index contributed by atoms with van der Waals surface area (Å²) in [4.78, 5) is 0. The predicted molar refractivity (Wildman–Crippen MR) is 158 cm³/mol. The topological polar surface area (TPSA) is 47.6 Å². The fourth-order valence-corrected chi connectivity index (χ4v) is 6.56. The minimum absolute atomic E-state index is 0.406. The number of hydrogen-bond donors (Lipinski definition) is 0. The van der Waals surface area contributed by atoms with E-state index in [4.69, 9.17) is 0 Å². The molecule has 0 atom stereocenters. The highest BCUT2D eigenvalue weighted by atomic mass is 14.3. The molecule has 0 aliphatic rings. The zero-order valence-corrected chi connectivity index (χ0v) is 20.3. The van der Waals surface area contributed by atoms with E-state index in [9.17, 15) is 10.5 Å². The molecule has 0 bridgehead atoms. The third-order valence-corrected chi connectivity index (χ3v) is 8.05. The number of rotatable bonds is 0. The molecule has 0 aromatic heterocycles. The summed E-state index contributed by atoms with van der Waals surface area (Å²) in [5, 5.41) is 36.1. The lowest BCUT2D eigenvalue weighted by atomic mass is 9.82. The molecule has 8 aromatic carbocycles. The minimum atomic E-state index is 0.406. The molecule has 0 aliphatic carbocycles. The summed E-state index contributed by atoms with van der Waals surface area (Å²) < 4.78 is 0. The lowest BCUT2D eigenvalue weighted by molar-refractivity contribution is 1.45. The number of nitrogens with zero attached hydrogens (tertiary/aromatic N) is 2. The van der Waals surface area contributed by atoms with Crippen LogP contribution in [0.3, 0.4) is 0 Å². The van der Waals surface area contributed by atoms with Gasteiger partial charge in [0.1, 0.15) is 12.1 Å². The summed E-state index contributed by atoms with van der Waals surface area (Å²) in [7, 11) is 0. The van der Waals surface area contributed by atoms with Crippen LogP contribution in [0.2, 0.25) is 0 Å². The smallest absolute Gasteiger partial charge is 0.101 e. The Kier molecular flexibility index (Phi) is 4.11. The van der Waals surface area contributed by atoms with Gasteiger partial charge in [-0.15, -0.1) is 0 Å². The van der Waals surface area contributed by atoms with Crippen molar-refractivity contribution in [3.05, 3.63) is 120 Å². The van der Waals surface area contributed by atoms with Crippen LogP contribution < -0.4 is 0 Å². The average molecular weight is 479 g/mol. The van der Waals surface area contributed by atoms with Gasteiger partial charge in [-0.3, -0.25) is 0 Å². The molecule has 0 aliphatic heterocycles. The van der Waals surface area contributed by atoms with E-state index in [1.54, 1.807) is 0 Å². The highest BCUT2D eigenvalue weighted by Gasteiger charge is 2.21. The van der Waals surface area contributed by atoms with Crippen LogP contribution in [0.15, 0.2) is 109 Å². The van der Waals surface area contributed by atoms with Gasteiger partial charge in [-0.2, -0.15) is 10.5 Å². The van der Waals surface area contributed by atoms with Gasteiger partial charge in [0.15, 0.2) is 0 Å². The molecule has 0 spiro atoms. The lowest BCUT2D eigenvalue weighted by Crippen LogP contribution is -1.93.